The molecule has 13 heavy (non-hydrogen) atoms. The lowest BCUT2D eigenvalue weighted by molar-refractivity contribution is -0.106. The number of hydrogen-bond donors (Lipinski definition) is 0. The van der Waals surface area contributed by atoms with Crippen LogP contribution in [0.2, 0.25) is 0 Å². The first-order valence-electron chi connectivity index (χ1n) is 3.14. The van der Waals surface area contributed by atoms with E-state index < -0.39 is 8.60 Å². The number of para-hydroxylation sites is 1. The molecule has 1 aromatic rings. The van der Waals surface area contributed by atoms with Crippen molar-refractivity contribution in [1.82, 2.24) is 0 Å². The third-order valence-corrected chi connectivity index (χ3v) is 2.15. The van der Waals surface area contributed by atoms with E-state index >= 15 is 0 Å². The minimum absolute atomic E-state index is 0.498. The van der Waals surface area contributed by atoms with Crippen LogP contribution in [0.25, 0.3) is 0 Å². The minimum Gasteiger partial charge on any atom is -0.329 e. The summed E-state index contributed by atoms with van der Waals surface area (Å²) in [6, 6.07) is 8.78. The minimum atomic E-state index is -1.87. The smallest absolute Gasteiger partial charge is 0.329 e. The molecule has 0 N–H and O–H groups in total. The van der Waals surface area contributed by atoms with Gasteiger partial charge in [-0.25, -0.2) is 0 Å². The standard InChI is InChI=1S/C6H5Cl2O4P/c7-10-13(11-8)12-9-6-4-2-1-3-5-6/h1-5H. The van der Waals surface area contributed by atoms with Crippen molar-refractivity contribution in [2.75, 3.05) is 0 Å². The van der Waals surface area contributed by atoms with Crippen LogP contribution in [0.3, 0.4) is 0 Å². The molecule has 0 heterocycles. The summed E-state index contributed by atoms with van der Waals surface area (Å²) in [5, 5.41) is 0. The van der Waals surface area contributed by atoms with Crippen molar-refractivity contribution in [2.45, 2.75) is 0 Å². The summed E-state index contributed by atoms with van der Waals surface area (Å²) in [6.07, 6.45) is 0. The molecule has 0 aliphatic rings. The Morgan fingerprint density at radius 2 is 1.62 bits per heavy atom. The fourth-order valence-electron chi connectivity index (χ4n) is 0.583. The molecule has 0 aliphatic heterocycles. The van der Waals surface area contributed by atoms with Crippen molar-refractivity contribution in [2.24, 2.45) is 0 Å². The fourth-order valence-corrected chi connectivity index (χ4v) is 1.19. The van der Waals surface area contributed by atoms with Gasteiger partial charge in [-0.2, -0.15) is 8.15 Å². The third-order valence-electron chi connectivity index (χ3n) is 1.05. The largest absolute Gasteiger partial charge is 0.410 e. The third kappa shape index (κ3) is 4.09. The molecular weight excluding hydrogens is 238 g/mol. The Bertz CT molecular complexity index is 231. The van der Waals surface area contributed by atoms with E-state index in [-0.39, 0.29) is 0 Å². The highest BCUT2D eigenvalue weighted by atomic mass is 35.5. The quantitative estimate of drug-likeness (QED) is 0.450. The Labute approximate surface area is 86.5 Å². The SMILES string of the molecule is ClOP(OCl)OOc1ccccc1. The van der Waals surface area contributed by atoms with Crippen LogP contribution in [-0.2, 0) is 12.8 Å². The second-order valence-corrected chi connectivity index (χ2v) is 3.53. The van der Waals surface area contributed by atoms with Crippen LogP contribution in [0.5, 0.6) is 5.75 Å². The van der Waals surface area contributed by atoms with E-state index in [1.54, 1.807) is 24.3 Å². The second kappa shape index (κ2) is 6.38. The van der Waals surface area contributed by atoms with Crippen LogP contribution in [0.4, 0.5) is 0 Å². The lowest BCUT2D eigenvalue weighted by Gasteiger charge is -2.06. The van der Waals surface area contributed by atoms with E-state index in [1.165, 1.54) is 0 Å². The lowest BCUT2D eigenvalue weighted by Crippen LogP contribution is -1.91. The normalized spacial score (nSPS) is 10.4. The van der Waals surface area contributed by atoms with Crippen molar-refractivity contribution in [1.29, 1.82) is 0 Å². The van der Waals surface area contributed by atoms with E-state index in [4.69, 9.17) is 28.6 Å². The lowest BCUT2D eigenvalue weighted by atomic mass is 10.3. The van der Waals surface area contributed by atoms with Crippen LogP contribution < -0.4 is 4.89 Å². The first-order chi connectivity index (χ1) is 6.36. The van der Waals surface area contributed by atoms with Gasteiger partial charge in [0.05, 0.1) is 23.7 Å². The highest BCUT2D eigenvalue weighted by Gasteiger charge is 2.13. The monoisotopic (exact) mass is 242 g/mol. The summed E-state index contributed by atoms with van der Waals surface area (Å²) in [5.74, 6) is 0.498. The van der Waals surface area contributed by atoms with Crippen LogP contribution in [0, 0.1) is 0 Å². The van der Waals surface area contributed by atoms with E-state index in [2.05, 4.69) is 12.8 Å². The molecule has 0 aliphatic carbocycles. The van der Waals surface area contributed by atoms with Crippen molar-refractivity contribution < 1.29 is 17.7 Å². The summed E-state index contributed by atoms with van der Waals surface area (Å²) >= 11 is 9.90. The Hall–Kier alpha value is -0.0900. The summed E-state index contributed by atoms with van der Waals surface area (Å²) < 4.78 is 12.9. The van der Waals surface area contributed by atoms with Crippen molar-refractivity contribution in [3.63, 3.8) is 0 Å². The molecule has 0 bridgehead atoms. The maximum atomic E-state index is 4.95. The Morgan fingerprint density at radius 3 is 2.15 bits per heavy atom. The molecule has 0 atom stereocenters. The molecule has 1 rings (SSSR count). The molecule has 0 saturated carbocycles. The first-order valence-corrected chi connectivity index (χ1v) is 4.85. The van der Waals surface area contributed by atoms with Gasteiger partial charge in [-0.1, -0.05) is 18.2 Å². The fraction of sp³-hybridized carbons (Fsp3) is 0. The predicted octanol–water partition coefficient (Wildman–Crippen LogP) is 3.56. The molecule has 0 unspecified atom stereocenters. The second-order valence-electron chi connectivity index (χ2n) is 1.83. The van der Waals surface area contributed by atoms with Gasteiger partial charge in [0.25, 0.3) is 0 Å². The highest BCUT2D eigenvalue weighted by molar-refractivity contribution is 7.43. The Kier molecular flexibility index (Phi) is 5.39. The zero-order valence-corrected chi connectivity index (χ0v) is 8.63. The Balaban J connectivity index is 2.34. The van der Waals surface area contributed by atoms with E-state index in [1.807, 2.05) is 6.07 Å². The molecule has 0 amide bonds. The average Bonchev–Trinajstić information content (AvgIpc) is 2.21. The summed E-state index contributed by atoms with van der Waals surface area (Å²) in [4.78, 5) is 4.76. The van der Waals surface area contributed by atoms with E-state index in [9.17, 15) is 0 Å². The van der Waals surface area contributed by atoms with Crippen LogP contribution in [0.1, 0.15) is 0 Å². The maximum Gasteiger partial charge on any atom is 0.410 e. The topological polar surface area (TPSA) is 36.9 Å². The molecule has 0 fully saturated rings. The average molecular weight is 243 g/mol. The van der Waals surface area contributed by atoms with Gasteiger partial charge in [-0.05, 0) is 12.1 Å². The van der Waals surface area contributed by atoms with Gasteiger partial charge >= 0.3 is 8.60 Å². The van der Waals surface area contributed by atoms with Gasteiger partial charge in [-0.15, -0.1) is 4.67 Å². The van der Waals surface area contributed by atoms with Crippen molar-refractivity contribution in [3.8, 4) is 5.75 Å². The number of halogens is 2. The highest BCUT2D eigenvalue weighted by Crippen LogP contribution is 2.42. The predicted molar refractivity (Wildman–Crippen MR) is 49.0 cm³/mol. The Morgan fingerprint density at radius 1 is 1.00 bits per heavy atom. The first kappa shape index (κ1) is 11.0. The maximum absolute atomic E-state index is 4.95. The summed E-state index contributed by atoms with van der Waals surface area (Å²) in [5.41, 5.74) is 0. The molecule has 1 aromatic carbocycles. The molecular formula is C6H5Cl2O4P. The van der Waals surface area contributed by atoms with Crippen LogP contribution in [0.15, 0.2) is 30.3 Å². The number of rotatable bonds is 5. The number of hydrogen-bond acceptors (Lipinski definition) is 4. The van der Waals surface area contributed by atoms with Crippen molar-refractivity contribution in [3.05, 3.63) is 30.3 Å². The van der Waals surface area contributed by atoms with E-state index in [0.29, 0.717) is 5.75 Å². The van der Waals surface area contributed by atoms with Gasteiger partial charge < -0.3 is 4.89 Å². The molecule has 0 saturated heterocycles. The van der Waals surface area contributed by atoms with Crippen LogP contribution in [-0.4, -0.2) is 0 Å². The van der Waals surface area contributed by atoms with Gasteiger partial charge in [-0.3, -0.25) is 0 Å². The van der Waals surface area contributed by atoms with Gasteiger partial charge in [0.2, 0.25) is 0 Å². The zero-order valence-electron chi connectivity index (χ0n) is 6.22. The van der Waals surface area contributed by atoms with Crippen LogP contribution >= 0.6 is 32.3 Å². The molecule has 0 aromatic heterocycles. The van der Waals surface area contributed by atoms with Crippen molar-refractivity contribution >= 4 is 32.3 Å². The van der Waals surface area contributed by atoms with E-state index in [0.717, 1.165) is 0 Å². The summed E-state index contributed by atoms with van der Waals surface area (Å²) in [7, 11) is -1.87. The number of benzene rings is 1. The molecule has 7 heteroatoms. The van der Waals surface area contributed by atoms with Gasteiger partial charge in [0.1, 0.15) is 0 Å². The molecule has 4 nitrogen and oxygen atoms in total. The summed E-state index contributed by atoms with van der Waals surface area (Å²) in [6.45, 7) is 0. The van der Waals surface area contributed by atoms with Gasteiger partial charge in [0, 0.05) is 0 Å². The zero-order chi connectivity index (χ0) is 9.52. The molecule has 0 radical (unpaired) electrons. The molecule has 0 spiro atoms. The van der Waals surface area contributed by atoms with Gasteiger partial charge in [0.15, 0.2) is 5.75 Å². The molecule has 72 valence electrons.